The Balaban J connectivity index is 1.48. The highest BCUT2D eigenvalue weighted by atomic mass is 16.5. The number of rotatable bonds is 6. The monoisotopic (exact) mass is 343 g/mol. The highest BCUT2D eigenvalue weighted by molar-refractivity contribution is 5.94. The van der Waals surface area contributed by atoms with Gasteiger partial charge in [-0.15, -0.1) is 0 Å². The van der Waals surface area contributed by atoms with Crippen LogP contribution in [0.25, 0.3) is 0 Å². The zero-order valence-corrected chi connectivity index (χ0v) is 14.1. The minimum atomic E-state index is -0.172. The molecule has 0 atom stereocenters. The van der Waals surface area contributed by atoms with E-state index in [2.05, 4.69) is 5.32 Å². The van der Waals surface area contributed by atoms with E-state index in [1.165, 1.54) is 0 Å². The van der Waals surface area contributed by atoms with Gasteiger partial charge in [0.15, 0.2) is 11.5 Å². The van der Waals surface area contributed by atoms with Crippen LogP contribution in [-0.4, -0.2) is 39.4 Å². The molecule has 0 radical (unpaired) electrons. The van der Waals surface area contributed by atoms with E-state index in [-0.39, 0.29) is 5.91 Å². The summed E-state index contributed by atoms with van der Waals surface area (Å²) >= 11 is 0. The van der Waals surface area contributed by atoms with E-state index in [4.69, 9.17) is 18.9 Å². The first kappa shape index (κ1) is 17.0. The Labute approximate surface area is 146 Å². The standard InChI is InChI=1S/C19H21NO5/c1-22-15-4-6-16(7-5-15)23-12-9-20-19(21)14-3-8-17-18(13-14)25-11-2-10-24-17/h3-8,13H,2,9-12H2,1H3,(H,20,21). The molecule has 1 heterocycles. The molecular formula is C19H21NO5. The van der Waals surface area contributed by atoms with Gasteiger partial charge in [-0.1, -0.05) is 0 Å². The quantitative estimate of drug-likeness (QED) is 0.817. The van der Waals surface area contributed by atoms with E-state index in [1.54, 1.807) is 25.3 Å². The first-order valence-corrected chi connectivity index (χ1v) is 8.21. The predicted molar refractivity (Wildman–Crippen MR) is 92.9 cm³/mol. The number of carbonyl (C=O) groups excluding carboxylic acids is 1. The van der Waals surface area contributed by atoms with E-state index >= 15 is 0 Å². The second-order valence-corrected chi connectivity index (χ2v) is 5.49. The average molecular weight is 343 g/mol. The highest BCUT2D eigenvalue weighted by Gasteiger charge is 2.13. The molecule has 2 aromatic rings. The Morgan fingerprint density at radius 1 is 1.04 bits per heavy atom. The molecule has 0 bridgehead atoms. The van der Waals surface area contributed by atoms with Gasteiger partial charge in [0.25, 0.3) is 5.91 Å². The van der Waals surface area contributed by atoms with Gasteiger partial charge in [-0.25, -0.2) is 0 Å². The van der Waals surface area contributed by atoms with Crippen molar-refractivity contribution < 1.29 is 23.7 Å². The molecule has 0 saturated carbocycles. The van der Waals surface area contributed by atoms with Crippen molar-refractivity contribution in [2.45, 2.75) is 6.42 Å². The topological polar surface area (TPSA) is 66.0 Å². The molecule has 0 aliphatic carbocycles. The number of carbonyl (C=O) groups is 1. The Bertz CT molecular complexity index is 714. The minimum absolute atomic E-state index is 0.172. The lowest BCUT2D eigenvalue weighted by molar-refractivity contribution is 0.0946. The Morgan fingerprint density at radius 3 is 2.52 bits per heavy atom. The summed E-state index contributed by atoms with van der Waals surface area (Å²) in [6.45, 7) is 2.00. The first-order chi connectivity index (χ1) is 12.3. The van der Waals surface area contributed by atoms with Crippen molar-refractivity contribution in [3.63, 3.8) is 0 Å². The summed E-state index contributed by atoms with van der Waals surface area (Å²) in [7, 11) is 1.62. The number of methoxy groups -OCH3 is 1. The van der Waals surface area contributed by atoms with Crippen molar-refractivity contribution in [2.24, 2.45) is 0 Å². The molecule has 0 fully saturated rings. The van der Waals surface area contributed by atoms with Crippen LogP contribution in [0.1, 0.15) is 16.8 Å². The van der Waals surface area contributed by atoms with Crippen LogP contribution >= 0.6 is 0 Å². The van der Waals surface area contributed by atoms with Gasteiger partial charge >= 0.3 is 0 Å². The second-order valence-electron chi connectivity index (χ2n) is 5.49. The van der Waals surface area contributed by atoms with E-state index in [1.807, 2.05) is 24.3 Å². The molecule has 1 amide bonds. The lowest BCUT2D eigenvalue weighted by Crippen LogP contribution is -2.28. The van der Waals surface area contributed by atoms with Crippen molar-refractivity contribution in [1.82, 2.24) is 5.32 Å². The number of hydrogen-bond donors (Lipinski definition) is 1. The smallest absolute Gasteiger partial charge is 0.251 e. The molecule has 0 spiro atoms. The van der Waals surface area contributed by atoms with Crippen LogP contribution in [-0.2, 0) is 0 Å². The molecule has 0 unspecified atom stereocenters. The van der Waals surface area contributed by atoms with Crippen molar-refractivity contribution >= 4 is 5.91 Å². The maximum absolute atomic E-state index is 12.2. The van der Waals surface area contributed by atoms with Gasteiger partial charge in [0.1, 0.15) is 18.1 Å². The number of benzene rings is 2. The van der Waals surface area contributed by atoms with Gasteiger partial charge in [0, 0.05) is 12.0 Å². The molecule has 3 rings (SSSR count). The number of ether oxygens (including phenoxy) is 4. The third kappa shape index (κ3) is 4.56. The zero-order valence-electron chi connectivity index (χ0n) is 14.1. The van der Waals surface area contributed by atoms with E-state index < -0.39 is 0 Å². The maximum Gasteiger partial charge on any atom is 0.251 e. The first-order valence-electron chi connectivity index (χ1n) is 8.21. The van der Waals surface area contributed by atoms with Crippen molar-refractivity contribution in [3.8, 4) is 23.0 Å². The fourth-order valence-corrected chi connectivity index (χ4v) is 2.41. The number of fused-ring (bicyclic) bond motifs is 1. The summed E-state index contributed by atoms with van der Waals surface area (Å²) in [6, 6.07) is 12.5. The molecule has 1 N–H and O–H groups in total. The lowest BCUT2D eigenvalue weighted by Gasteiger charge is -2.10. The summed E-state index contributed by atoms with van der Waals surface area (Å²) < 4.78 is 21.8. The van der Waals surface area contributed by atoms with Gasteiger partial charge in [-0.05, 0) is 42.5 Å². The van der Waals surface area contributed by atoms with Gasteiger partial charge < -0.3 is 24.3 Å². The van der Waals surface area contributed by atoms with Crippen molar-refractivity contribution in [3.05, 3.63) is 48.0 Å². The number of nitrogens with one attached hydrogen (secondary N) is 1. The van der Waals surface area contributed by atoms with Crippen molar-refractivity contribution in [2.75, 3.05) is 33.5 Å². The normalized spacial score (nSPS) is 12.8. The van der Waals surface area contributed by atoms with Crippen LogP contribution in [0.3, 0.4) is 0 Å². The molecule has 1 aliphatic heterocycles. The van der Waals surface area contributed by atoms with Gasteiger partial charge in [0.2, 0.25) is 0 Å². The van der Waals surface area contributed by atoms with E-state index in [9.17, 15) is 4.79 Å². The highest BCUT2D eigenvalue weighted by Crippen LogP contribution is 2.30. The van der Waals surface area contributed by atoms with E-state index in [0.29, 0.717) is 43.4 Å². The molecule has 0 saturated heterocycles. The minimum Gasteiger partial charge on any atom is -0.497 e. The molecule has 25 heavy (non-hydrogen) atoms. The lowest BCUT2D eigenvalue weighted by atomic mass is 10.2. The summed E-state index contributed by atoms with van der Waals surface area (Å²) in [5.41, 5.74) is 0.536. The molecule has 2 aromatic carbocycles. The zero-order chi connectivity index (χ0) is 17.5. The van der Waals surface area contributed by atoms with Crippen LogP contribution in [0.5, 0.6) is 23.0 Å². The molecule has 1 aliphatic rings. The van der Waals surface area contributed by atoms with Crippen LogP contribution in [0.4, 0.5) is 0 Å². The SMILES string of the molecule is COc1ccc(OCCNC(=O)c2ccc3c(c2)OCCCO3)cc1. The third-order valence-electron chi connectivity index (χ3n) is 3.73. The average Bonchev–Trinajstić information content (AvgIpc) is 2.90. The molecular weight excluding hydrogens is 322 g/mol. The van der Waals surface area contributed by atoms with Gasteiger partial charge in [0.05, 0.1) is 26.9 Å². The predicted octanol–water partition coefficient (Wildman–Crippen LogP) is 2.67. The number of amides is 1. The summed E-state index contributed by atoms with van der Waals surface area (Å²) in [5.74, 6) is 2.62. The second kappa shape index (κ2) is 8.28. The van der Waals surface area contributed by atoms with Crippen LogP contribution < -0.4 is 24.3 Å². The summed E-state index contributed by atoms with van der Waals surface area (Å²) in [6.07, 6.45) is 0.832. The summed E-state index contributed by atoms with van der Waals surface area (Å²) in [4.78, 5) is 12.2. The number of hydrogen-bond acceptors (Lipinski definition) is 5. The molecule has 6 heteroatoms. The van der Waals surface area contributed by atoms with Crippen LogP contribution in [0, 0.1) is 0 Å². The third-order valence-corrected chi connectivity index (χ3v) is 3.73. The maximum atomic E-state index is 12.2. The van der Waals surface area contributed by atoms with Crippen LogP contribution in [0.15, 0.2) is 42.5 Å². The molecule has 132 valence electrons. The van der Waals surface area contributed by atoms with Crippen molar-refractivity contribution in [1.29, 1.82) is 0 Å². The fourth-order valence-electron chi connectivity index (χ4n) is 2.41. The Hall–Kier alpha value is -2.89. The van der Waals surface area contributed by atoms with E-state index in [0.717, 1.165) is 17.9 Å². The molecule has 6 nitrogen and oxygen atoms in total. The Kier molecular flexibility index (Phi) is 5.61. The van der Waals surface area contributed by atoms with Gasteiger partial charge in [-0.3, -0.25) is 4.79 Å². The van der Waals surface area contributed by atoms with Crippen LogP contribution in [0.2, 0.25) is 0 Å². The largest absolute Gasteiger partial charge is 0.497 e. The summed E-state index contributed by atoms with van der Waals surface area (Å²) in [5, 5.41) is 2.83. The Morgan fingerprint density at radius 2 is 1.76 bits per heavy atom. The van der Waals surface area contributed by atoms with Gasteiger partial charge in [-0.2, -0.15) is 0 Å². The molecule has 0 aromatic heterocycles. The fraction of sp³-hybridized carbons (Fsp3) is 0.316.